The van der Waals surface area contributed by atoms with Crippen LogP contribution in [-0.2, 0) is 9.47 Å². The molecule has 2 rings (SSSR count). The van der Waals surface area contributed by atoms with Crippen molar-refractivity contribution < 1.29 is 14.3 Å². The van der Waals surface area contributed by atoms with Gasteiger partial charge in [0.15, 0.2) is 0 Å². The van der Waals surface area contributed by atoms with Crippen LogP contribution in [0.15, 0.2) is 18.2 Å². The van der Waals surface area contributed by atoms with Crippen molar-refractivity contribution >= 4 is 17.3 Å². The molecule has 0 saturated carbocycles. The van der Waals surface area contributed by atoms with Gasteiger partial charge in [0, 0.05) is 6.54 Å². The summed E-state index contributed by atoms with van der Waals surface area (Å²) in [6, 6.07) is 5.26. The third kappa shape index (κ3) is 2.88. The first-order valence-electron chi connectivity index (χ1n) is 6.88. The van der Waals surface area contributed by atoms with E-state index in [2.05, 4.69) is 18.7 Å². The van der Waals surface area contributed by atoms with Crippen molar-refractivity contribution in [1.82, 2.24) is 0 Å². The van der Waals surface area contributed by atoms with Gasteiger partial charge in [0.2, 0.25) is 0 Å². The second-order valence-electron chi connectivity index (χ2n) is 5.51. The lowest BCUT2D eigenvalue weighted by atomic mass is 10.00. The number of carbonyl (C=O) groups is 1. The van der Waals surface area contributed by atoms with Crippen molar-refractivity contribution in [2.75, 3.05) is 37.0 Å². The van der Waals surface area contributed by atoms with Gasteiger partial charge in [0.25, 0.3) is 0 Å². The topological polar surface area (TPSA) is 64.8 Å². The quantitative estimate of drug-likeness (QED) is 0.677. The van der Waals surface area contributed by atoms with Gasteiger partial charge in [-0.05, 0) is 39.0 Å². The van der Waals surface area contributed by atoms with E-state index >= 15 is 0 Å². The number of nitrogen functional groups attached to an aromatic ring is 1. The molecule has 0 bridgehead atoms. The first kappa shape index (κ1) is 14.7. The lowest BCUT2D eigenvalue weighted by Crippen LogP contribution is -2.53. The number of hydrogen-bond donors (Lipinski definition) is 1. The summed E-state index contributed by atoms with van der Waals surface area (Å²) in [6.45, 7) is 8.40. The lowest BCUT2D eigenvalue weighted by molar-refractivity contribution is 0.0526. The van der Waals surface area contributed by atoms with E-state index < -0.39 is 0 Å². The zero-order valence-electron chi connectivity index (χ0n) is 12.3. The van der Waals surface area contributed by atoms with E-state index in [1.54, 1.807) is 25.1 Å². The van der Waals surface area contributed by atoms with E-state index in [1.165, 1.54) is 0 Å². The number of rotatable bonds is 3. The molecule has 1 aliphatic rings. The SMILES string of the molecule is CCOC(=O)c1ccc(N)c(N2CCOCC2(C)C)c1. The van der Waals surface area contributed by atoms with Gasteiger partial charge in [0.05, 0.1) is 42.3 Å². The molecule has 1 saturated heterocycles. The maximum absolute atomic E-state index is 11.8. The summed E-state index contributed by atoms with van der Waals surface area (Å²) in [6.07, 6.45) is 0. The highest BCUT2D eigenvalue weighted by Gasteiger charge is 2.32. The Labute approximate surface area is 119 Å². The minimum atomic E-state index is -0.320. The van der Waals surface area contributed by atoms with E-state index in [0.29, 0.717) is 31.1 Å². The number of nitrogens with zero attached hydrogens (tertiary/aromatic N) is 1. The molecule has 5 heteroatoms. The highest BCUT2D eigenvalue weighted by Crippen LogP contribution is 2.32. The Balaban J connectivity index is 2.35. The van der Waals surface area contributed by atoms with Crippen LogP contribution in [0, 0.1) is 0 Å². The average molecular weight is 278 g/mol. The normalized spacial score (nSPS) is 17.9. The van der Waals surface area contributed by atoms with E-state index in [0.717, 1.165) is 12.2 Å². The van der Waals surface area contributed by atoms with Crippen molar-refractivity contribution in [3.05, 3.63) is 23.8 Å². The molecule has 5 nitrogen and oxygen atoms in total. The third-order valence-electron chi connectivity index (χ3n) is 3.48. The second kappa shape index (κ2) is 5.71. The highest BCUT2D eigenvalue weighted by molar-refractivity contribution is 5.92. The molecule has 0 atom stereocenters. The fraction of sp³-hybridized carbons (Fsp3) is 0.533. The van der Waals surface area contributed by atoms with Crippen molar-refractivity contribution in [3.63, 3.8) is 0 Å². The number of nitrogens with two attached hydrogens (primary N) is 1. The van der Waals surface area contributed by atoms with Crippen LogP contribution in [0.5, 0.6) is 0 Å². The molecule has 0 radical (unpaired) electrons. The third-order valence-corrected chi connectivity index (χ3v) is 3.48. The molecule has 0 aromatic heterocycles. The predicted octanol–water partition coefficient (Wildman–Crippen LogP) is 2.06. The Morgan fingerprint density at radius 1 is 1.50 bits per heavy atom. The van der Waals surface area contributed by atoms with Crippen LogP contribution in [0.4, 0.5) is 11.4 Å². The van der Waals surface area contributed by atoms with Crippen LogP contribution in [0.3, 0.4) is 0 Å². The molecule has 2 N–H and O–H groups in total. The van der Waals surface area contributed by atoms with Gasteiger partial charge in [-0.1, -0.05) is 0 Å². The maximum Gasteiger partial charge on any atom is 0.338 e. The van der Waals surface area contributed by atoms with Crippen molar-refractivity contribution in [2.45, 2.75) is 26.3 Å². The Morgan fingerprint density at radius 3 is 2.90 bits per heavy atom. The molecule has 0 spiro atoms. The molecule has 0 unspecified atom stereocenters. The van der Waals surface area contributed by atoms with Crippen LogP contribution in [0.1, 0.15) is 31.1 Å². The van der Waals surface area contributed by atoms with Crippen LogP contribution < -0.4 is 10.6 Å². The van der Waals surface area contributed by atoms with Gasteiger partial charge in [-0.15, -0.1) is 0 Å². The minimum Gasteiger partial charge on any atom is -0.462 e. The summed E-state index contributed by atoms with van der Waals surface area (Å²) in [5, 5.41) is 0. The molecule has 1 fully saturated rings. The van der Waals surface area contributed by atoms with Crippen LogP contribution in [0.2, 0.25) is 0 Å². The van der Waals surface area contributed by atoms with Gasteiger partial charge in [-0.2, -0.15) is 0 Å². The van der Waals surface area contributed by atoms with E-state index in [4.69, 9.17) is 15.2 Å². The molecule has 0 aliphatic carbocycles. The number of ether oxygens (including phenoxy) is 2. The molecule has 110 valence electrons. The molecule has 20 heavy (non-hydrogen) atoms. The molecular formula is C15H22N2O3. The van der Waals surface area contributed by atoms with Gasteiger partial charge in [-0.25, -0.2) is 4.79 Å². The number of carbonyl (C=O) groups excluding carboxylic acids is 1. The monoisotopic (exact) mass is 278 g/mol. The summed E-state index contributed by atoms with van der Waals surface area (Å²) >= 11 is 0. The summed E-state index contributed by atoms with van der Waals surface area (Å²) in [5.41, 5.74) is 7.98. The van der Waals surface area contributed by atoms with Gasteiger partial charge < -0.3 is 20.1 Å². The smallest absolute Gasteiger partial charge is 0.338 e. The summed E-state index contributed by atoms with van der Waals surface area (Å²) < 4.78 is 10.6. The predicted molar refractivity (Wildman–Crippen MR) is 79.1 cm³/mol. The Morgan fingerprint density at radius 2 is 2.25 bits per heavy atom. The average Bonchev–Trinajstić information content (AvgIpc) is 2.39. The van der Waals surface area contributed by atoms with Gasteiger partial charge >= 0.3 is 5.97 Å². The second-order valence-corrected chi connectivity index (χ2v) is 5.51. The molecule has 1 aromatic rings. The zero-order chi connectivity index (χ0) is 14.8. The molecule has 1 aliphatic heterocycles. The molecule has 1 heterocycles. The van der Waals surface area contributed by atoms with Crippen LogP contribution in [-0.4, -0.2) is 37.9 Å². The Kier molecular flexibility index (Phi) is 4.18. The Hall–Kier alpha value is -1.75. The number of anilines is 2. The fourth-order valence-electron chi connectivity index (χ4n) is 2.42. The maximum atomic E-state index is 11.8. The van der Waals surface area contributed by atoms with E-state index in [1.807, 2.05) is 0 Å². The zero-order valence-corrected chi connectivity index (χ0v) is 12.3. The number of hydrogen-bond acceptors (Lipinski definition) is 5. The van der Waals surface area contributed by atoms with Crippen LogP contribution >= 0.6 is 0 Å². The number of morpholine rings is 1. The lowest BCUT2D eigenvalue weighted by Gasteiger charge is -2.44. The number of benzene rings is 1. The summed E-state index contributed by atoms with van der Waals surface area (Å²) in [4.78, 5) is 14.0. The number of esters is 1. The first-order valence-corrected chi connectivity index (χ1v) is 6.88. The Bertz CT molecular complexity index is 500. The molecular weight excluding hydrogens is 256 g/mol. The van der Waals surface area contributed by atoms with Crippen LogP contribution in [0.25, 0.3) is 0 Å². The van der Waals surface area contributed by atoms with Crippen molar-refractivity contribution in [2.24, 2.45) is 0 Å². The van der Waals surface area contributed by atoms with E-state index in [9.17, 15) is 4.79 Å². The van der Waals surface area contributed by atoms with Gasteiger partial charge in [0.1, 0.15) is 0 Å². The minimum absolute atomic E-state index is 0.153. The molecule has 1 aromatic carbocycles. The summed E-state index contributed by atoms with van der Waals surface area (Å²) in [5.74, 6) is -0.320. The fourth-order valence-corrected chi connectivity index (χ4v) is 2.42. The largest absolute Gasteiger partial charge is 0.462 e. The first-order chi connectivity index (χ1) is 9.45. The summed E-state index contributed by atoms with van der Waals surface area (Å²) in [7, 11) is 0. The standard InChI is InChI=1S/C15H22N2O3/c1-4-20-14(18)11-5-6-12(16)13(9-11)17-7-8-19-10-15(17,2)3/h5-6,9H,4,7-8,10,16H2,1-3H3. The molecule has 0 amide bonds. The van der Waals surface area contributed by atoms with Crippen molar-refractivity contribution in [1.29, 1.82) is 0 Å². The van der Waals surface area contributed by atoms with Gasteiger partial charge in [-0.3, -0.25) is 0 Å². The van der Waals surface area contributed by atoms with E-state index in [-0.39, 0.29) is 11.5 Å². The highest BCUT2D eigenvalue weighted by atomic mass is 16.5. The van der Waals surface area contributed by atoms with Crippen molar-refractivity contribution in [3.8, 4) is 0 Å².